The molecular weight excluding hydrogens is 452 g/mol. The van der Waals surface area contributed by atoms with Gasteiger partial charge in [-0.3, -0.25) is 14.4 Å². The summed E-state index contributed by atoms with van der Waals surface area (Å²) in [5.74, 6) is -1.15. The van der Waals surface area contributed by atoms with Crippen molar-refractivity contribution in [2.75, 3.05) is 24.0 Å². The monoisotopic (exact) mass is 470 g/mol. The molecular formula is C22H18N2O8S. The number of aryl methyl sites for hydroxylation is 1. The summed E-state index contributed by atoms with van der Waals surface area (Å²) in [5.41, 5.74) is 1.04. The second-order valence-electron chi connectivity index (χ2n) is 6.99. The lowest BCUT2D eigenvalue weighted by Crippen LogP contribution is -2.22. The molecule has 2 N–H and O–H groups in total. The summed E-state index contributed by atoms with van der Waals surface area (Å²) in [6, 6.07) is 7.69. The summed E-state index contributed by atoms with van der Waals surface area (Å²) in [5, 5.41) is 5.62. The van der Waals surface area contributed by atoms with Gasteiger partial charge in [-0.2, -0.15) is 0 Å². The number of furan rings is 1. The zero-order valence-corrected chi connectivity index (χ0v) is 18.4. The fraction of sp³-hybridized carbons (Fsp3) is 0.182. The van der Waals surface area contributed by atoms with Crippen LogP contribution >= 0.6 is 11.3 Å². The van der Waals surface area contributed by atoms with Crippen molar-refractivity contribution in [3.05, 3.63) is 58.4 Å². The van der Waals surface area contributed by atoms with Crippen LogP contribution in [0.25, 0.3) is 0 Å². The number of nitrogens with one attached hydrogen (secondary N) is 2. The average Bonchev–Trinajstić information content (AvgIpc) is 3.52. The molecule has 33 heavy (non-hydrogen) atoms. The van der Waals surface area contributed by atoms with Gasteiger partial charge in [0.1, 0.15) is 4.88 Å². The van der Waals surface area contributed by atoms with E-state index in [0.29, 0.717) is 22.1 Å². The molecule has 1 aliphatic heterocycles. The number of fused-ring (bicyclic) bond motifs is 1. The summed E-state index contributed by atoms with van der Waals surface area (Å²) in [6.45, 7) is 2.48. The number of Topliss-reactive ketones (excluding diaryl/α,β-unsaturated/α-hetero) is 1. The predicted octanol–water partition coefficient (Wildman–Crippen LogP) is 3.63. The third-order valence-electron chi connectivity index (χ3n) is 4.59. The van der Waals surface area contributed by atoms with E-state index in [1.54, 1.807) is 19.1 Å². The van der Waals surface area contributed by atoms with Gasteiger partial charge >= 0.3 is 5.97 Å². The summed E-state index contributed by atoms with van der Waals surface area (Å²) >= 11 is 1.01. The Morgan fingerprint density at radius 1 is 1.09 bits per heavy atom. The van der Waals surface area contributed by atoms with Gasteiger partial charge in [0.25, 0.3) is 11.8 Å². The van der Waals surface area contributed by atoms with Gasteiger partial charge in [0.2, 0.25) is 6.79 Å². The molecule has 0 unspecified atom stereocenters. The maximum absolute atomic E-state index is 12.5. The van der Waals surface area contributed by atoms with Crippen LogP contribution in [0.4, 0.5) is 10.7 Å². The molecule has 0 aliphatic carbocycles. The van der Waals surface area contributed by atoms with Gasteiger partial charge in [0.15, 0.2) is 29.6 Å². The van der Waals surface area contributed by atoms with E-state index < -0.39 is 24.4 Å². The quantitative estimate of drug-likeness (QED) is 0.395. The standard InChI is InChI=1S/C22H18N2O8S/c1-11-6-19(24-21(27)15-4-3-5-29-15)33-20(11)22(28)30-9-18(26)23-14-8-17-16(31-10-32-17)7-13(14)12(2)25/h3-8H,9-10H2,1-2H3,(H,23,26)(H,24,27). The van der Waals surface area contributed by atoms with Crippen LogP contribution in [0.5, 0.6) is 11.5 Å². The second-order valence-corrected chi connectivity index (χ2v) is 8.04. The Morgan fingerprint density at radius 3 is 2.55 bits per heavy atom. The number of benzene rings is 1. The van der Waals surface area contributed by atoms with Gasteiger partial charge in [-0.15, -0.1) is 11.3 Å². The highest BCUT2D eigenvalue weighted by molar-refractivity contribution is 7.18. The lowest BCUT2D eigenvalue weighted by molar-refractivity contribution is -0.119. The fourth-order valence-electron chi connectivity index (χ4n) is 3.05. The molecule has 0 saturated heterocycles. The highest BCUT2D eigenvalue weighted by Gasteiger charge is 2.22. The van der Waals surface area contributed by atoms with E-state index in [-0.39, 0.29) is 34.5 Å². The summed E-state index contributed by atoms with van der Waals surface area (Å²) in [7, 11) is 0. The van der Waals surface area contributed by atoms with Gasteiger partial charge in [-0.25, -0.2) is 4.79 Å². The smallest absolute Gasteiger partial charge is 0.349 e. The Hall–Kier alpha value is -4.12. The van der Waals surface area contributed by atoms with Crippen molar-refractivity contribution in [1.82, 2.24) is 0 Å². The van der Waals surface area contributed by atoms with E-state index in [2.05, 4.69) is 10.6 Å². The van der Waals surface area contributed by atoms with Crippen LogP contribution in [0.3, 0.4) is 0 Å². The number of thiophene rings is 1. The molecule has 0 bridgehead atoms. The molecule has 2 aromatic heterocycles. The largest absolute Gasteiger partial charge is 0.459 e. The number of amides is 2. The topological polar surface area (TPSA) is 133 Å². The van der Waals surface area contributed by atoms with Crippen molar-refractivity contribution in [1.29, 1.82) is 0 Å². The SMILES string of the molecule is CC(=O)c1cc2c(cc1NC(=O)COC(=O)c1sc(NC(=O)c3ccco3)cc1C)OCO2. The third-order valence-corrected chi connectivity index (χ3v) is 5.72. The first kappa shape index (κ1) is 22.1. The van der Waals surface area contributed by atoms with Crippen LogP contribution in [0.1, 0.15) is 43.1 Å². The number of esters is 1. The molecule has 0 fully saturated rings. The molecule has 0 radical (unpaired) electrons. The Labute approximate surface area is 191 Å². The van der Waals surface area contributed by atoms with Crippen molar-refractivity contribution in [2.24, 2.45) is 0 Å². The minimum atomic E-state index is -0.719. The number of carbonyl (C=O) groups is 4. The minimum Gasteiger partial charge on any atom is -0.459 e. The Morgan fingerprint density at radius 2 is 1.85 bits per heavy atom. The van der Waals surface area contributed by atoms with Crippen molar-refractivity contribution < 1.29 is 37.8 Å². The normalized spacial score (nSPS) is 11.7. The lowest BCUT2D eigenvalue weighted by Gasteiger charge is -2.11. The molecule has 11 heteroatoms. The van der Waals surface area contributed by atoms with Crippen LogP contribution in [0, 0.1) is 6.92 Å². The van der Waals surface area contributed by atoms with Crippen LogP contribution < -0.4 is 20.1 Å². The van der Waals surface area contributed by atoms with Crippen LogP contribution in [0.15, 0.2) is 41.0 Å². The van der Waals surface area contributed by atoms with Gasteiger partial charge in [0, 0.05) is 11.6 Å². The zero-order valence-electron chi connectivity index (χ0n) is 17.6. The number of ether oxygens (including phenoxy) is 3. The Balaban J connectivity index is 1.37. The predicted molar refractivity (Wildman–Crippen MR) is 117 cm³/mol. The van der Waals surface area contributed by atoms with Crippen molar-refractivity contribution in [3.63, 3.8) is 0 Å². The molecule has 0 spiro atoms. The molecule has 170 valence electrons. The number of hydrogen-bond acceptors (Lipinski definition) is 9. The van der Waals surface area contributed by atoms with Crippen LogP contribution in [-0.4, -0.2) is 37.0 Å². The lowest BCUT2D eigenvalue weighted by atomic mass is 10.1. The van der Waals surface area contributed by atoms with Crippen LogP contribution in [0.2, 0.25) is 0 Å². The van der Waals surface area contributed by atoms with Gasteiger partial charge in [-0.05, 0) is 43.7 Å². The molecule has 1 aromatic carbocycles. The van der Waals surface area contributed by atoms with Gasteiger partial charge in [-0.1, -0.05) is 0 Å². The highest BCUT2D eigenvalue weighted by Crippen LogP contribution is 2.37. The minimum absolute atomic E-state index is 0.0197. The first-order valence-electron chi connectivity index (χ1n) is 9.68. The van der Waals surface area contributed by atoms with E-state index in [1.165, 1.54) is 31.4 Å². The molecule has 10 nitrogen and oxygen atoms in total. The number of rotatable bonds is 7. The second kappa shape index (κ2) is 9.17. The van der Waals surface area contributed by atoms with Crippen molar-refractivity contribution in [3.8, 4) is 11.5 Å². The van der Waals surface area contributed by atoms with E-state index in [0.717, 1.165) is 11.3 Å². The number of anilines is 2. The molecule has 1 aliphatic rings. The van der Waals surface area contributed by atoms with E-state index in [1.807, 2.05) is 0 Å². The number of carbonyl (C=O) groups excluding carboxylic acids is 4. The Kier molecular flexibility index (Phi) is 6.13. The number of ketones is 1. The van der Waals surface area contributed by atoms with Crippen molar-refractivity contribution >= 4 is 45.6 Å². The molecule has 4 rings (SSSR count). The first-order chi connectivity index (χ1) is 15.8. The summed E-state index contributed by atoms with van der Waals surface area (Å²) < 4.78 is 20.7. The van der Waals surface area contributed by atoms with E-state index in [9.17, 15) is 19.2 Å². The zero-order chi connectivity index (χ0) is 23.5. The maximum Gasteiger partial charge on any atom is 0.349 e. The molecule has 0 saturated carbocycles. The molecule has 0 atom stereocenters. The highest BCUT2D eigenvalue weighted by atomic mass is 32.1. The van der Waals surface area contributed by atoms with Gasteiger partial charge < -0.3 is 29.3 Å². The molecule has 2 amide bonds. The Bertz CT molecular complexity index is 1250. The van der Waals surface area contributed by atoms with E-state index in [4.69, 9.17) is 18.6 Å². The third kappa shape index (κ3) is 4.88. The summed E-state index contributed by atoms with van der Waals surface area (Å²) in [4.78, 5) is 49.1. The molecule has 3 aromatic rings. The molecule has 3 heterocycles. The van der Waals surface area contributed by atoms with Crippen molar-refractivity contribution in [2.45, 2.75) is 13.8 Å². The fourth-order valence-corrected chi connectivity index (χ4v) is 4.01. The van der Waals surface area contributed by atoms with Crippen LogP contribution in [-0.2, 0) is 9.53 Å². The average molecular weight is 470 g/mol. The number of hydrogen-bond donors (Lipinski definition) is 2. The van der Waals surface area contributed by atoms with Gasteiger partial charge in [0.05, 0.1) is 17.0 Å². The van der Waals surface area contributed by atoms with E-state index >= 15 is 0 Å². The first-order valence-corrected chi connectivity index (χ1v) is 10.5. The maximum atomic E-state index is 12.5. The summed E-state index contributed by atoms with van der Waals surface area (Å²) in [6.07, 6.45) is 1.38.